The molecule has 0 aliphatic carbocycles. The van der Waals surface area contributed by atoms with Crippen LogP contribution in [0.4, 0.5) is 18.9 Å². The molecule has 1 amide bonds. The Morgan fingerprint density at radius 1 is 1.00 bits per heavy atom. The Morgan fingerprint density at radius 2 is 1.62 bits per heavy atom. The van der Waals surface area contributed by atoms with Gasteiger partial charge < -0.3 is 5.32 Å². The van der Waals surface area contributed by atoms with E-state index in [9.17, 15) is 26.4 Å². The first kappa shape index (κ1) is 21.6. The monoisotopic (exact) mass is 446 g/mol. The van der Waals surface area contributed by atoms with Gasteiger partial charge in [-0.3, -0.25) is 4.79 Å². The topological polar surface area (TPSA) is 66.5 Å². The van der Waals surface area contributed by atoms with E-state index in [4.69, 9.17) is 11.6 Å². The highest BCUT2D eigenvalue weighted by Crippen LogP contribution is 2.34. The molecule has 1 N–H and O–H groups in total. The predicted molar refractivity (Wildman–Crippen MR) is 103 cm³/mol. The molecule has 0 atom stereocenters. The van der Waals surface area contributed by atoms with Gasteiger partial charge in [-0.15, -0.1) is 0 Å². The van der Waals surface area contributed by atoms with Crippen LogP contribution >= 0.6 is 11.6 Å². The van der Waals surface area contributed by atoms with E-state index in [-0.39, 0.29) is 21.2 Å². The maximum absolute atomic E-state index is 12.9. The number of benzene rings is 2. The van der Waals surface area contributed by atoms with Crippen molar-refractivity contribution in [1.82, 2.24) is 4.31 Å². The van der Waals surface area contributed by atoms with E-state index in [0.29, 0.717) is 13.1 Å². The molecule has 2 aromatic carbocycles. The molecule has 5 nitrogen and oxygen atoms in total. The lowest BCUT2D eigenvalue weighted by molar-refractivity contribution is -0.137. The van der Waals surface area contributed by atoms with Crippen LogP contribution in [0, 0.1) is 0 Å². The summed E-state index contributed by atoms with van der Waals surface area (Å²) >= 11 is 5.88. The lowest BCUT2D eigenvalue weighted by Crippen LogP contribution is -2.35. The Hall–Kier alpha value is -2.10. The molecule has 29 heavy (non-hydrogen) atoms. The number of piperidine rings is 1. The van der Waals surface area contributed by atoms with Crippen LogP contribution in [0.25, 0.3) is 0 Å². The molecule has 0 unspecified atom stereocenters. The molecule has 1 fully saturated rings. The largest absolute Gasteiger partial charge is 0.416 e. The minimum Gasteiger partial charge on any atom is -0.321 e. The number of carbonyl (C=O) groups excluding carboxylic acids is 1. The Morgan fingerprint density at radius 3 is 2.21 bits per heavy atom. The normalized spacial score (nSPS) is 15.9. The van der Waals surface area contributed by atoms with Crippen LogP contribution in [0.1, 0.15) is 35.2 Å². The Labute approximate surface area is 171 Å². The smallest absolute Gasteiger partial charge is 0.321 e. The van der Waals surface area contributed by atoms with Gasteiger partial charge in [-0.1, -0.05) is 18.0 Å². The quantitative estimate of drug-likeness (QED) is 0.734. The van der Waals surface area contributed by atoms with Crippen molar-refractivity contribution in [3.05, 3.63) is 58.6 Å². The molecule has 1 saturated heterocycles. The number of alkyl halides is 3. The van der Waals surface area contributed by atoms with Gasteiger partial charge >= 0.3 is 6.18 Å². The van der Waals surface area contributed by atoms with Gasteiger partial charge in [-0.25, -0.2) is 8.42 Å². The molecule has 0 spiro atoms. The van der Waals surface area contributed by atoms with Crippen LogP contribution in [0.5, 0.6) is 0 Å². The number of carbonyl (C=O) groups is 1. The third-order valence-electron chi connectivity index (χ3n) is 4.61. The maximum atomic E-state index is 12.9. The van der Waals surface area contributed by atoms with Crippen molar-refractivity contribution in [2.75, 3.05) is 18.4 Å². The number of hydrogen-bond donors (Lipinski definition) is 1. The first-order valence-electron chi connectivity index (χ1n) is 8.87. The molecule has 2 aromatic rings. The third kappa shape index (κ3) is 4.91. The first-order valence-corrected chi connectivity index (χ1v) is 10.7. The van der Waals surface area contributed by atoms with Crippen LogP contribution < -0.4 is 5.32 Å². The Balaban J connectivity index is 1.78. The number of rotatable bonds is 4. The second kappa shape index (κ2) is 8.33. The van der Waals surface area contributed by atoms with Crippen molar-refractivity contribution in [3.8, 4) is 0 Å². The number of anilines is 1. The highest BCUT2D eigenvalue weighted by molar-refractivity contribution is 7.89. The standard InChI is InChI=1S/C19H18ClF3N2O3S/c20-16-9-6-14(19(21,22)23)12-17(16)24-18(26)13-4-7-15(8-5-13)29(27,28)25-10-2-1-3-11-25/h4-9,12H,1-3,10-11H2,(H,24,26). The maximum Gasteiger partial charge on any atom is 0.416 e. The molecule has 0 saturated carbocycles. The molecule has 10 heteroatoms. The van der Waals surface area contributed by atoms with Crippen molar-refractivity contribution in [1.29, 1.82) is 0 Å². The van der Waals surface area contributed by atoms with Gasteiger partial charge in [0.25, 0.3) is 5.91 Å². The zero-order chi connectivity index (χ0) is 21.2. The molecule has 156 valence electrons. The molecule has 1 aliphatic heterocycles. The average Bonchev–Trinajstić information content (AvgIpc) is 2.69. The fourth-order valence-electron chi connectivity index (χ4n) is 3.02. The summed E-state index contributed by atoms with van der Waals surface area (Å²) in [6, 6.07) is 7.86. The number of nitrogens with zero attached hydrogens (tertiary/aromatic N) is 1. The summed E-state index contributed by atoms with van der Waals surface area (Å²) < 4.78 is 65.2. The fraction of sp³-hybridized carbons (Fsp3) is 0.316. The number of sulfonamides is 1. The van der Waals surface area contributed by atoms with Gasteiger partial charge in [0.15, 0.2) is 0 Å². The molecule has 0 aromatic heterocycles. The summed E-state index contributed by atoms with van der Waals surface area (Å²) in [5, 5.41) is 2.28. The van der Waals surface area contributed by atoms with E-state index < -0.39 is 27.7 Å². The van der Waals surface area contributed by atoms with E-state index in [1.807, 2.05) is 0 Å². The second-order valence-electron chi connectivity index (χ2n) is 6.64. The number of amides is 1. The zero-order valence-electron chi connectivity index (χ0n) is 15.2. The molecule has 3 rings (SSSR count). The van der Waals surface area contributed by atoms with Crippen LogP contribution in [0.2, 0.25) is 5.02 Å². The lowest BCUT2D eigenvalue weighted by atomic mass is 10.1. The molecular formula is C19H18ClF3N2O3S. The Bertz CT molecular complexity index is 1000. The SMILES string of the molecule is O=C(Nc1cc(C(F)(F)F)ccc1Cl)c1ccc(S(=O)(=O)N2CCCCC2)cc1. The summed E-state index contributed by atoms with van der Waals surface area (Å²) in [6.45, 7) is 0.914. The van der Waals surface area contributed by atoms with E-state index >= 15 is 0 Å². The average molecular weight is 447 g/mol. The first-order chi connectivity index (χ1) is 13.6. The summed E-state index contributed by atoms with van der Waals surface area (Å²) in [7, 11) is -3.64. The Kier molecular flexibility index (Phi) is 6.21. The van der Waals surface area contributed by atoms with E-state index in [1.54, 1.807) is 0 Å². The number of nitrogens with one attached hydrogen (secondary N) is 1. The van der Waals surface area contributed by atoms with E-state index in [2.05, 4.69) is 5.32 Å². The molecule has 0 radical (unpaired) electrons. The van der Waals surface area contributed by atoms with Gasteiger partial charge in [0.05, 0.1) is 21.2 Å². The lowest BCUT2D eigenvalue weighted by Gasteiger charge is -2.25. The number of halogens is 4. The van der Waals surface area contributed by atoms with Gasteiger partial charge in [0, 0.05) is 18.7 Å². The van der Waals surface area contributed by atoms with Crippen LogP contribution in [0.15, 0.2) is 47.4 Å². The van der Waals surface area contributed by atoms with Gasteiger partial charge in [-0.05, 0) is 55.3 Å². The highest BCUT2D eigenvalue weighted by atomic mass is 35.5. The van der Waals surface area contributed by atoms with E-state index in [1.165, 1.54) is 28.6 Å². The predicted octanol–water partition coefficient (Wildman–Crippen LogP) is 4.79. The van der Waals surface area contributed by atoms with Crippen LogP contribution in [-0.4, -0.2) is 31.7 Å². The highest BCUT2D eigenvalue weighted by Gasteiger charge is 2.31. The van der Waals surface area contributed by atoms with Gasteiger partial charge in [0.1, 0.15) is 0 Å². The molecule has 1 aliphatic rings. The van der Waals surface area contributed by atoms with Crippen molar-refractivity contribution in [2.24, 2.45) is 0 Å². The minimum atomic E-state index is -4.57. The third-order valence-corrected chi connectivity index (χ3v) is 6.85. The summed E-state index contributed by atoms with van der Waals surface area (Å²) in [5.41, 5.74) is -1.03. The molecular weight excluding hydrogens is 429 g/mol. The fourth-order valence-corrected chi connectivity index (χ4v) is 4.71. The van der Waals surface area contributed by atoms with E-state index in [0.717, 1.165) is 37.5 Å². The molecule has 1 heterocycles. The molecule has 0 bridgehead atoms. The van der Waals surface area contributed by atoms with Crippen molar-refractivity contribution in [3.63, 3.8) is 0 Å². The van der Waals surface area contributed by atoms with Crippen LogP contribution in [-0.2, 0) is 16.2 Å². The summed E-state index contributed by atoms with van der Waals surface area (Å²) in [5.74, 6) is -0.701. The van der Waals surface area contributed by atoms with Gasteiger partial charge in [0.2, 0.25) is 10.0 Å². The van der Waals surface area contributed by atoms with Crippen molar-refractivity contribution >= 4 is 33.2 Å². The zero-order valence-corrected chi connectivity index (χ0v) is 16.7. The summed E-state index contributed by atoms with van der Waals surface area (Å²) in [4.78, 5) is 12.4. The minimum absolute atomic E-state index is 0.0457. The van der Waals surface area contributed by atoms with Crippen molar-refractivity contribution in [2.45, 2.75) is 30.3 Å². The number of hydrogen-bond acceptors (Lipinski definition) is 3. The summed E-state index contributed by atoms with van der Waals surface area (Å²) in [6.07, 6.45) is -1.98. The second-order valence-corrected chi connectivity index (χ2v) is 8.98. The van der Waals surface area contributed by atoms with Gasteiger partial charge in [-0.2, -0.15) is 17.5 Å². The van der Waals surface area contributed by atoms with Crippen LogP contribution in [0.3, 0.4) is 0 Å². The van der Waals surface area contributed by atoms with Crippen molar-refractivity contribution < 1.29 is 26.4 Å².